The van der Waals surface area contributed by atoms with E-state index in [1.165, 1.54) is 13.0 Å². The smallest absolute Gasteiger partial charge is 0.245 e. The average Bonchev–Trinajstić information content (AvgIpc) is 2.28. The number of aromatic nitrogens is 1. The summed E-state index contributed by atoms with van der Waals surface area (Å²) in [6.45, 7) is 1.46. The van der Waals surface area contributed by atoms with Crippen LogP contribution in [-0.2, 0) is 0 Å². The second-order valence-electron chi connectivity index (χ2n) is 3.47. The topological polar surface area (TPSA) is 56.0 Å². The molecule has 2 aromatic rings. The highest BCUT2D eigenvalue weighted by Crippen LogP contribution is 2.13. The Balaban J connectivity index is 2.47. The Hall–Kier alpha value is -2.23. The fourth-order valence-corrected chi connectivity index (χ4v) is 1.43. The molecule has 16 heavy (non-hydrogen) atoms. The van der Waals surface area contributed by atoms with Gasteiger partial charge in [-0.15, -0.1) is 0 Å². The summed E-state index contributed by atoms with van der Waals surface area (Å²) in [5.41, 5.74) is 1.53. The van der Waals surface area contributed by atoms with Crippen molar-refractivity contribution in [2.45, 2.75) is 6.92 Å². The maximum Gasteiger partial charge on any atom is 0.245 e. The molecule has 4 nitrogen and oxygen atoms in total. The molecule has 0 atom stereocenters. The number of pyridine rings is 1. The lowest BCUT2D eigenvalue weighted by molar-refractivity contribution is -0.422. The Bertz CT molecular complexity index is 576. The molecule has 0 aliphatic carbocycles. The largest absolute Gasteiger partial charge is 0.259 e. The summed E-state index contributed by atoms with van der Waals surface area (Å²) in [6.07, 6.45) is 1.46. The third kappa shape index (κ3) is 2.06. The van der Waals surface area contributed by atoms with E-state index in [-0.39, 0.29) is 5.70 Å². The van der Waals surface area contributed by atoms with Crippen molar-refractivity contribution in [3.8, 4) is 0 Å². The number of rotatable bonds is 2. The molecule has 0 aliphatic rings. The van der Waals surface area contributed by atoms with E-state index in [1.54, 1.807) is 6.07 Å². The number of hydrogen-bond acceptors (Lipinski definition) is 3. The molecule has 80 valence electrons. The average molecular weight is 214 g/mol. The molecule has 0 spiro atoms. The standard InChI is InChI=1S/C12H10N2O2/c1-9(14(15)16)8-11-7-6-10-4-2-3-5-12(10)13-11/h2-8H,1H3/b9-8+. The molecule has 0 bridgehead atoms. The molecule has 0 radical (unpaired) electrons. The van der Waals surface area contributed by atoms with Crippen LogP contribution in [0.3, 0.4) is 0 Å². The molecule has 1 aromatic heterocycles. The lowest BCUT2D eigenvalue weighted by atomic mass is 10.2. The van der Waals surface area contributed by atoms with Gasteiger partial charge in [0.25, 0.3) is 0 Å². The summed E-state index contributed by atoms with van der Waals surface area (Å²) in [6, 6.07) is 11.3. The zero-order valence-corrected chi connectivity index (χ0v) is 8.75. The SMILES string of the molecule is C/C(=C\c1ccc2ccccc2n1)[N+](=O)[O-]. The molecule has 0 unspecified atom stereocenters. The molecular formula is C12H10N2O2. The Kier molecular flexibility index (Phi) is 2.64. The van der Waals surface area contributed by atoms with Crippen molar-refractivity contribution in [2.24, 2.45) is 0 Å². The zero-order valence-electron chi connectivity index (χ0n) is 8.75. The normalized spacial score (nSPS) is 11.7. The first-order chi connectivity index (χ1) is 7.66. The summed E-state index contributed by atoms with van der Waals surface area (Å²) in [5, 5.41) is 11.5. The molecule has 4 heteroatoms. The molecule has 0 saturated heterocycles. The highest BCUT2D eigenvalue weighted by molar-refractivity contribution is 5.79. The highest BCUT2D eigenvalue weighted by Gasteiger charge is 2.03. The molecule has 0 aliphatic heterocycles. The van der Waals surface area contributed by atoms with Gasteiger partial charge < -0.3 is 0 Å². The van der Waals surface area contributed by atoms with Crippen molar-refractivity contribution < 1.29 is 4.92 Å². The predicted octanol–water partition coefficient (Wildman–Crippen LogP) is 2.87. The minimum absolute atomic E-state index is 0.0859. The van der Waals surface area contributed by atoms with Crippen molar-refractivity contribution in [2.75, 3.05) is 0 Å². The first-order valence-corrected chi connectivity index (χ1v) is 4.85. The van der Waals surface area contributed by atoms with Crippen LogP contribution in [0.1, 0.15) is 12.6 Å². The molecule has 1 aromatic carbocycles. The minimum atomic E-state index is -0.420. The maximum atomic E-state index is 10.5. The van der Waals surface area contributed by atoms with Crippen molar-refractivity contribution >= 4 is 17.0 Å². The van der Waals surface area contributed by atoms with Gasteiger partial charge in [0.1, 0.15) is 0 Å². The van der Waals surface area contributed by atoms with Gasteiger partial charge in [-0.05, 0) is 12.1 Å². The van der Waals surface area contributed by atoms with Crippen molar-refractivity contribution in [1.29, 1.82) is 0 Å². The summed E-state index contributed by atoms with van der Waals surface area (Å²) in [5.74, 6) is 0. The van der Waals surface area contributed by atoms with Gasteiger partial charge in [0.05, 0.1) is 16.1 Å². The van der Waals surface area contributed by atoms with E-state index < -0.39 is 4.92 Å². The molecular weight excluding hydrogens is 204 g/mol. The van der Waals surface area contributed by atoms with Crippen LogP contribution >= 0.6 is 0 Å². The van der Waals surface area contributed by atoms with E-state index in [4.69, 9.17) is 0 Å². The number of nitro groups is 1. The Labute approximate surface area is 92.4 Å². The number of hydrogen-bond donors (Lipinski definition) is 0. The third-order valence-corrected chi connectivity index (χ3v) is 2.26. The van der Waals surface area contributed by atoms with Gasteiger partial charge in [-0.2, -0.15) is 0 Å². The maximum absolute atomic E-state index is 10.5. The molecule has 0 N–H and O–H groups in total. The summed E-state index contributed by atoms with van der Waals surface area (Å²) in [4.78, 5) is 14.4. The first kappa shape index (κ1) is 10.3. The lowest BCUT2D eigenvalue weighted by Crippen LogP contribution is -1.94. The Morgan fingerprint density at radius 1 is 1.31 bits per heavy atom. The van der Waals surface area contributed by atoms with Crippen LogP contribution in [0.25, 0.3) is 17.0 Å². The second-order valence-corrected chi connectivity index (χ2v) is 3.47. The zero-order chi connectivity index (χ0) is 11.5. The van der Waals surface area contributed by atoms with Gasteiger partial charge in [0, 0.05) is 18.4 Å². The highest BCUT2D eigenvalue weighted by atomic mass is 16.6. The van der Waals surface area contributed by atoms with E-state index in [9.17, 15) is 10.1 Å². The van der Waals surface area contributed by atoms with Gasteiger partial charge in [-0.3, -0.25) is 10.1 Å². The van der Waals surface area contributed by atoms with Crippen LogP contribution in [0.4, 0.5) is 0 Å². The van der Waals surface area contributed by atoms with Crippen LogP contribution in [-0.4, -0.2) is 9.91 Å². The van der Waals surface area contributed by atoms with Crippen molar-refractivity contribution in [3.05, 3.63) is 57.9 Å². The fraction of sp³-hybridized carbons (Fsp3) is 0.0833. The van der Waals surface area contributed by atoms with Gasteiger partial charge in [0.2, 0.25) is 5.70 Å². The summed E-state index contributed by atoms with van der Waals surface area (Å²) < 4.78 is 0. The van der Waals surface area contributed by atoms with Gasteiger partial charge in [-0.1, -0.05) is 24.3 Å². The summed E-state index contributed by atoms with van der Waals surface area (Å²) >= 11 is 0. The Morgan fingerprint density at radius 2 is 2.06 bits per heavy atom. The second kappa shape index (κ2) is 4.10. The fourth-order valence-electron chi connectivity index (χ4n) is 1.43. The minimum Gasteiger partial charge on any atom is -0.259 e. The summed E-state index contributed by atoms with van der Waals surface area (Å²) in [7, 11) is 0. The van der Waals surface area contributed by atoms with E-state index in [1.807, 2.05) is 30.3 Å². The number of allylic oxidation sites excluding steroid dienone is 1. The predicted molar refractivity (Wildman–Crippen MR) is 62.4 cm³/mol. The van der Waals surface area contributed by atoms with E-state index >= 15 is 0 Å². The van der Waals surface area contributed by atoms with E-state index in [0.717, 1.165) is 10.9 Å². The number of fused-ring (bicyclic) bond motifs is 1. The monoisotopic (exact) mass is 214 g/mol. The number of nitrogens with zero attached hydrogens (tertiary/aromatic N) is 2. The molecule has 1 heterocycles. The molecule has 0 saturated carbocycles. The van der Waals surface area contributed by atoms with E-state index in [2.05, 4.69) is 4.98 Å². The van der Waals surface area contributed by atoms with Crippen LogP contribution < -0.4 is 0 Å². The van der Waals surface area contributed by atoms with Gasteiger partial charge in [0.15, 0.2) is 0 Å². The first-order valence-electron chi connectivity index (χ1n) is 4.85. The van der Waals surface area contributed by atoms with Crippen molar-refractivity contribution in [1.82, 2.24) is 4.98 Å². The molecule has 2 rings (SSSR count). The number of benzene rings is 1. The van der Waals surface area contributed by atoms with Gasteiger partial charge in [-0.25, -0.2) is 4.98 Å². The Morgan fingerprint density at radius 3 is 2.81 bits per heavy atom. The van der Waals surface area contributed by atoms with Crippen LogP contribution in [0.15, 0.2) is 42.1 Å². The molecule has 0 fully saturated rings. The van der Waals surface area contributed by atoms with Crippen molar-refractivity contribution in [3.63, 3.8) is 0 Å². The molecule has 0 amide bonds. The van der Waals surface area contributed by atoms with Crippen LogP contribution in [0.5, 0.6) is 0 Å². The van der Waals surface area contributed by atoms with Crippen LogP contribution in [0, 0.1) is 10.1 Å². The third-order valence-electron chi connectivity index (χ3n) is 2.26. The lowest BCUT2D eigenvalue weighted by Gasteiger charge is -1.98. The number of para-hydroxylation sites is 1. The van der Waals surface area contributed by atoms with Gasteiger partial charge >= 0.3 is 0 Å². The van der Waals surface area contributed by atoms with Crippen LogP contribution in [0.2, 0.25) is 0 Å². The quantitative estimate of drug-likeness (QED) is 0.570. The van der Waals surface area contributed by atoms with E-state index in [0.29, 0.717) is 5.69 Å².